The second-order valence-electron chi connectivity index (χ2n) is 12.7. The molecule has 0 spiro atoms. The van der Waals surface area contributed by atoms with Crippen LogP contribution in [-0.2, 0) is 0 Å². The Kier molecular flexibility index (Phi) is 21.1. The first-order chi connectivity index (χ1) is 20.4. The maximum absolute atomic E-state index is 5.37. The van der Waals surface area contributed by atoms with Gasteiger partial charge >= 0.3 is 0 Å². The molecule has 2 aromatic carbocycles. The zero-order chi connectivity index (χ0) is 31.1. The van der Waals surface area contributed by atoms with Crippen LogP contribution in [0.25, 0.3) is 0 Å². The van der Waals surface area contributed by atoms with E-state index in [-0.39, 0.29) is 0 Å². The van der Waals surface area contributed by atoms with E-state index in [9.17, 15) is 0 Å². The van der Waals surface area contributed by atoms with Crippen molar-refractivity contribution in [1.29, 1.82) is 0 Å². The normalized spacial score (nSPS) is 11.6. The Morgan fingerprint density at radius 2 is 0.738 bits per heavy atom. The Labute approximate surface area is 263 Å². The predicted octanol–water partition coefficient (Wildman–Crippen LogP) is 11.1. The lowest BCUT2D eigenvalue weighted by Crippen LogP contribution is -2.58. The molecule has 2 aromatic rings. The molecule has 0 heterocycles. The number of methoxy groups -OCH3 is 2. The number of rotatable bonds is 22. The third kappa shape index (κ3) is 13.0. The van der Waals surface area contributed by atoms with Crippen LogP contribution in [0.2, 0.25) is 12.6 Å². The van der Waals surface area contributed by atoms with Crippen molar-refractivity contribution in [3.8, 4) is 11.5 Å². The van der Waals surface area contributed by atoms with E-state index in [4.69, 9.17) is 9.47 Å². The van der Waals surface area contributed by atoms with Crippen molar-refractivity contribution in [3.05, 3.63) is 48.5 Å². The van der Waals surface area contributed by atoms with Crippen molar-refractivity contribution >= 4 is 24.3 Å². The summed E-state index contributed by atoms with van der Waals surface area (Å²) in [4.78, 5) is 0. The maximum atomic E-state index is 5.37. The number of ether oxygens (including phenoxy) is 2. The zero-order valence-electron chi connectivity index (χ0n) is 29.2. The quantitative estimate of drug-likeness (QED) is 0.0991. The van der Waals surface area contributed by atoms with E-state index in [1.165, 1.54) is 101 Å². The molecule has 4 heteroatoms. The number of benzene rings is 2. The van der Waals surface area contributed by atoms with E-state index >= 15 is 0 Å². The molecule has 0 bridgehead atoms. The minimum absolute atomic E-state index is 0.562. The summed E-state index contributed by atoms with van der Waals surface area (Å²) < 4.78 is 10.7. The molecule has 0 radical (unpaired) electrons. The maximum Gasteiger partial charge on any atom is 0.118 e. The van der Waals surface area contributed by atoms with Crippen LogP contribution in [0.3, 0.4) is 0 Å². The molecule has 0 saturated heterocycles. The van der Waals surface area contributed by atoms with Crippen LogP contribution in [0, 0.1) is 0 Å². The summed E-state index contributed by atoms with van der Waals surface area (Å²) in [5.74, 6) is 1.85. The number of hydrogen-bond acceptors (Lipinski definition) is 2. The van der Waals surface area contributed by atoms with Gasteiger partial charge in [-0.25, -0.2) is 10.9 Å². The summed E-state index contributed by atoms with van der Waals surface area (Å²) in [5, 5.41) is 0. The highest BCUT2D eigenvalue weighted by Crippen LogP contribution is 2.61. The van der Waals surface area contributed by atoms with Gasteiger partial charge in [-0.3, -0.25) is 0 Å². The minimum Gasteiger partial charge on any atom is -0.497 e. The fraction of sp³-hybridized carbons (Fsp3) is 0.684. The van der Waals surface area contributed by atoms with Gasteiger partial charge in [0.2, 0.25) is 0 Å². The Bertz CT molecular complexity index is 801. The van der Waals surface area contributed by atoms with Crippen LogP contribution in [0.4, 0.5) is 0 Å². The van der Waals surface area contributed by atoms with Gasteiger partial charge in [0, 0.05) is 7.26 Å². The lowest BCUT2D eigenvalue weighted by Gasteiger charge is -2.42. The molecule has 2 rings (SSSR count). The molecule has 0 aliphatic rings. The lowest BCUT2D eigenvalue weighted by atomic mass is 9.15. The molecule has 0 aromatic heterocycles. The summed E-state index contributed by atoms with van der Waals surface area (Å²) in [6.07, 6.45) is 24.6. The minimum atomic E-state index is -0.764. The molecule has 42 heavy (non-hydrogen) atoms. The van der Waals surface area contributed by atoms with Crippen molar-refractivity contribution in [3.63, 3.8) is 0 Å². The van der Waals surface area contributed by atoms with E-state index < -0.39 is 13.4 Å². The number of unbranched alkanes of at least 4 members (excludes halogenated alkanes) is 6. The molecule has 0 saturated carbocycles. The van der Waals surface area contributed by atoms with Gasteiger partial charge in [0.25, 0.3) is 0 Å². The predicted molar refractivity (Wildman–Crippen MR) is 196 cm³/mol. The van der Waals surface area contributed by atoms with Crippen molar-refractivity contribution < 1.29 is 9.47 Å². The monoisotopic (exact) mass is 599 g/mol. The van der Waals surface area contributed by atoms with Crippen molar-refractivity contribution in [2.75, 3.05) is 38.9 Å². The van der Waals surface area contributed by atoms with Crippen LogP contribution in [0.5, 0.6) is 11.5 Å². The third-order valence-electron chi connectivity index (χ3n) is 9.55. The van der Waals surface area contributed by atoms with Gasteiger partial charge in [0.1, 0.15) is 11.5 Å². The summed E-state index contributed by atoms with van der Waals surface area (Å²) in [5.41, 5.74) is 2.90. The van der Waals surface area contributed by atoms with Gasteiger partial charge in [0.05, 0.1) is 45.0 Å². The third-order valence-corrected chi connectivity index (χ3v) is 14.6. The SMILES string of the molecule is CCCC[B-](CCCC)(c1ccc(OC)cc1)c1ccc(OC)cc1.CCCC[P+](CCCC)(CCCC)CCCC. The highest BCUT2D eigenvalue weighted by molar-refractivity contribution is 7.75. The Morgan fingerprint density at radius 1 is 0.452 bits per heavy atom. The molecule has 0 atom stereocenters. The second kappa shape index (κ2) is 23.0. The first kappa shape index (κ1) is 38.6. The molecule has 0 fully saturated rings. The van der Waals surface area contributed by atoms with Crippen molar-refractivity contribution in [2.24, 2.45) is 0 Å². The van der Waals surface area contributed by atoms with Crippen LogP contribution >= 0.6 is 7.26 Å². The fourth-order valence-corrected chi connectivity index (χ4v) is 12.0. The van der Waals surface area contributed by atoms with Gasteiger partial charge in [0.15, 0.2) is 0 Å². The Hall–Kier alpha value is -1.47. The molecule has 0 amide bonds. The zero-order valence-corrected chi connectivity index (χ0v) is 30.1. The van der Waals surface area contributed by atoms with Gasteiger partial charge in [-0.05, 0) is 49.9 Å². The van der Waals surface area contributed by atoms with E-state index in [2.05, 4.69) is 90.1 Å². The molecule has 2 nitrogen and oxygen atoms in total. The first-order valence-electron chi connectivity index (χ1n) is 17.8. The van der Waals surface area contributed by atoms with Gasteiger partial charge in [-0.2, -0.15) is 12.6 Å². The molecule has 0 unspecified atom stereocenters. The van der Waals surface area contributed by atoms with Gasteiger partial charge < -0.3 is 9.47 Å². The van der Waals surface area contributed by atoms with E-state index in [0.717, 1.165) is 11.5 Å². The van der Waals surface area contributed by atoms with Crippen LogP contribution in [-0.4, -0.2) is 45.0 Å². The van der Waals surface area contributed by atoms with Crippen molar-refractivity contribution in [2.45, 2.75) is 131 Å². The van der Waals surface area contributed by atoms with Crippen LogP contribution in [0.15, 0.2) is 48.5 Å². The largest absolute Gasteiger partial charge is 0.497 e. The van der Waals surface area contributed by atoms with Crippen LogP contribution in [0.1, 0.15) is 119 Å². The second-order valence-corrected chi connectivity index (χ2v) is 17.2. The molecule has 0 aliphatic heterocycles. The lowest BCUT2D eigenvalue weighted by molar-refractivity contribution is 0.415. The molecular weight excluding hydrogens is 530 g/mol. The summed E-state index contributed by atoms with van der Waals surface area (Å²) in [6.45, 7) is 14.0. The first-order valence-corrected chi connectivity index (χ1v) is 20.3. The molecule has 0 aliphatic carbocycles. The highest BCUT2D eigenvalue weighted by atomic mass is 31.2. The highest BCUT2D eigenvalue weighted by Gasteiger charge is 2.34. The average Bonchev–Trinajstić information content (AvgIpc) is 3.05. The van der Waals surface area contributed by atoms with Crippen molar-refractivity contribution in [1.82, 2.24) is 0 Å². The Morgan fingerprint density at radius 3 is 0.976 bits per heavy atom. The Balaban J connectivity index is 0.000000456. The molecule has 0 N–H and O–H groups in total. The smallest absolute Gasteiger partial charge is 0.118 e. The van der Waals surface area contributed by atoms with E-state index in [1.54, 1.807) is 38.9 Å². The summed E-state index contributed by atoms with van der Waals surface area (Å²) in [7, 11) is 2.89. The van der Waals surface area contributed by atoms with E-state index in [1.807, 2.05) is 0 Å². The summed E-state index contributed by atoms with van der Waals surface area (Å²) in [6, 6.07) is 17.5. The molecular formula is C38H68BO2P. The van der Waals surface area contributed by atoms with Gasteiger partial charge in [-0.1, -0.05) is 117 Å². The van der Waals surface area contributed by atoms with Crippen LogP contribution < -0.4 is 20.4 Å². The molecule has 240 valence electrons. The topological polar surface area (TPSA) is 18.5 Å². The van der Waals surface area contributed by atoms with Gasteiger partial charge in [-0.15, -0.1) is 0 Å². The standard InChI is InChI=1S/C22H32BO2.C16H36P/c1-5-7-17-23(18-8-6-2,19-9-13-21(24-3)14-10-19)20-11-15-22(25-4)16-12-20;1-5-9-13-17(14-10-6-2,15-11-7-3)16-12-8-4/h9-16H,5-8,17-18H2,1-4H3;5-16H2,1-4H3/q-1;+1. The van der Waals surface area contributed by atoms with E-state index in [0.29, 0.717) is 0 Å². The fourth-order valence-electron chi connectivity index (χ4n) is 6.70. The average molecular weight is 599 g/mol. The summed E-state index contributed by atoms with van der Waals surface area (Å²) >= 11 is 0. The number of hydrogen-bond donors (Lipinski definition) is 0.